The van der Waals surface area contributed by atoms with Gasteiger partial charge >= 0.3 is 6.09 Å². The summed E-state index contributed by atoms with van der Waals surface area (Å²) in [5.41, 5.74) is 5.78. The molecule has 3 aromatic heterocycles. The molecule has 55 heavy (non-hydrogen) atoms. The van der Waals surface area contributed by atoms with E-state index in [9.17, 15) is 4.79 Å². The van der Waals surface area contributed by atoms with Crippen LogP contribution in [0.1, 0.15) is 70.7 Å². The Morgan fingerprint density at radius 2 is 1.78 bits per heavy atom. The quantitative estimate of drug-likeness (QED) is 0.103. The third-order valence-corrected chi connectivity index (χ3v) is 12.6. The maximum absolute atomic E-state index is 12.4. The van der Waals surface area contributed by atoms with Crippen molar-refractivity contribution in [1.29, 1.82) is 0 Å². The van der Waals surface area contributed by atoms with E-state index in [0.29, 0.717) is 18.8 Å². The zero-order chi connectivity index (χ0) is 38.7. The van der Waals surface area contributed by atoms with Crippen molar-refractivity contribution in [2.75, 3.05) is 43.1 Å². The summed E-state index contributed by atoms with van der Waals surface area (Å²) < 4.78 is 20.0. The van der Waals surface area contributed by atoms with Crippen LogP contribution < -0.4 is 15.5 Å². The minimum absolute atomic E-state index is 0.00156. The van der Waals surface area contributed by atoms with Crippen LogP contribution in [0.15, 0.2) is 55.0 Å². The van der Waals surface area contributed by atoms with Crippen LogP contribution in [-0.4, -0.2) is 95.2 Å². The number of morpholine rings is 1. The minimum atomic E-state index is -1.23. The lowest BCUT2D eigenvalue weighted by Crippen LogP contribution is -2.48. The highest BCUT2D eigenvalue weighted by atomic mass is 28.3. The molecule has 7 rings (SSSR count). The van der Waals surface area contributed by atoms with E-state index in [1.807, 2.05) is 27.0 Å². The van der Waals surface area contributed by atoms with Crippen LogP contribution in [0, 0.1) is 0 Å². The van der Waals surface area contributed by atoms with Gasteiger partial charge < -0.3 is 34.3 Å². The van der Waals surface area contributed by atoms with Crippen molar-refractivity contribution in [2.45, 2.75) is 122 Å². The van der Waals surface area contributed by atoms with E-state index in [0.717, 1.165) is 111 Å². The number of ether oxygens (including phenoxy) is 3. The fourth-order valence-corrected chi connectivity index (χ4v) is 8.83. The number of amides is 1. The molecule has 1 amide bonds. The minimum Gasteiger partial charge on any atom is -0.444 e. The van der Waals surface area contributed by atoms with Gasteiger partial charge in [-0.25, -0.2) is 14.8 Å². The van der Waals surface area contributed by atoms with Gasteiger partial charge in [-0.1, -0.05) is 31.8 Å². The van der Waals surface area contributed by atoms with E-state index in [1.54, 1.807) is 6.33 Å². The Morgan fingerprint density at radius 1 is 1.02 bits per heavy atom. The van der Waals surface area contributed by atoms with Gasteiger partial charge in [-0.2, -0.15) is 0 Å². The number of aromatic nitrogens is 4. The summed E-state index contributed by atoms with van der Waals surface area (Å²) in [7, 11) is -1.23. The second-order valence-electron chi connectivity index (χ2n) is 17.8. The topological polar surface area (TPSA) is 119 Å². The molecule has 3 aliphatic heterocycles. The van der Waals surface area contributed by atoms with Gasteiger partial charge in [0.25, 0.3) is 0 Å². The van der Waals surface area contributed by atoms with Gasteiger partial charge in [0.05, 0.1) is 48.1 Å². The number of alkyl carbamates (subject to hydrolysis) is 1. The lowest BCUT2D eigenvalue weighted by molar-refractivity contribution is 0.0470. The van der Waals surface area contributed by atoms with Gasteiger partial charge in [0.15, 0.2) is 0 Å². The molecule has 2 bridgehead atoms. The van der Waals surface area contributed by atoms with E-state index >= 15 is 0 Å². The van der Waals surface area contributed by atoms with Crippen molar-refractivity contribution in [3.05, 3.63) is 66.2 Å². The second kappa shape index (κ2) is 16.6. The Bertz CT molecular complexity index is 1910. The molecule has 2 N–H and O–H groups in total. The van der Waals surface area contributed by atoms with Crippen LogP contribution in [0.3, 0.4) is 0 Å². The van der Waals surface area contributed by atoms with Crippen LogP contribution in [0.25, 0.3) is 22.3 Å². The molecule has 0 spiro atoms. The number of carbonyl (C=O) groups is 1. The Kier molecular flexibility index (Phi) is 11.8. The van der Waals surface area contributed by atoms with Gasteiger partial charge in [0.2, 0.25) is 0 Å². The number of carbonyl (C=O) groups excluding carboxylic acids is 1. The summed E-state index contributed by atoms with van der Waals surface area (Å²) in [6, 6.07) is 17.1. The standard InChI is InChI=1S/C42H60N8O4Si/c1-29(37-21-30(16-17-43-37)23-48-18-8-9-33(24-48)47-41(51)54-42(2,3)4)46-32-12-10-31(11-13-32)38-22-36-39(49(38)28-52-19-20-55(5,6)7)44-27-45-40(36)50-34-14-15-35(50)26-53-25-34/h10-13,16-17,21-22,27,29,33-35,46H,8-9,14-15,18-20,23-26,28H2,1-7H3,(H,47,51)/t29?,33-,34?,35?/m1/s1. The average Bonchev–Trinajstić information content (AvgIpc) is 3.61. The third-order valence-electron chi connectivity index (χ3n) is 10.9. The highest BCUT2D eigenvalue weighted by molar-refractivity contribution is 6.76. The monoisotopic (exact) mass is 768 g/mol. The molecule has 13 heteroatoms. The molecular weight excluding hydrogens is 709 g/mol. The van der Waals surface area contributed by atoms with E-state index in [4.69, 9.17) is 29.2 Å². The largest absolute Gasteiger partial charge is 0.444 e. The predicted octanol–water partition coefficient (Wildman–Crippen LogP) is 7.84. The van der Waals surface area contributed by atoms with E-state index in [2.05, 4.69) is 94.0 Å². The number of anilines is 2. The van der Waals surface area contributed by atoms with Gasteiger partial charge in [0.1, 0.15) is 30.1 Å². The Balaban J connectivity index is 1.04. The molecule has 0 saturated carbocycles. The van der Waals surface area contributed by atoms with Gasteiger partial charge in [0, 0.05) is 45.7 Å². The third kappa shape index (κ3) is 9.86. The number of pyridine rings is 1. The number of hydrogen-bond acceptors (Lipinski definition) is 10. The lowest BCUT2D eigenvalue weighted by Gasteiger charge is -2.35. The number of likely N-dealkylation sites (tertiary alicyclic amines) is 1. The van der Waals surface area contributed by atoms with Crippen LogP contribution in [0.4, 0.5) is 16.3 Å². The number of hydrogen-bond donors (Lipinski definition) is 2. The van der Waals surface area contributed by atoms with Crippen molar-refractivity contribution >= 4 is 36.7 Å². The molecular formula is C42H60N8O4Si. The van der Waals surface area contributed by atoms with Crippen LogP contribution in [0.5, 0.6) is 0 Å². The molecule has 4 aromatic rings. The summed E-state index contributed by atoms with van der Waals surface area (Å²) in [6.45, 7) is 20.2. The first-order chi connectivity index (χ1) is 26.3. The van der Waals surface area contributed by atoms with Crippen molar-refractivity contribution in [3.63, 3.8) is 0 Å². The fourth-order valence-electron chi connectivity index (χ4n) is 8.07. The maximum atomic E-state index is 12.4. The molecule has 12 nitrogen and oxygen atoms in total. The zero-order valence-corrected chi connectivity index (χ0v) is 34.8. The normalized spacial score (nSPS) is 21.1. The number of benzene rings is 1. The number of nitrogens with zero attached hydrogens (tertiary/aromatic N) is 6. The summed E-state index contributed by atoms with van der Waals surface area (Å²) in [4.78, 5) is 31.7. The molecule has 296 valence electrons. The molecule has 4 atom stereocenters. The molecule has 0 aliphatic carbocycles. The van der Waals surface area contributed by atoms with E-state index < -0.39 is 13.7 Å². The second-order valence-corrected chi connectivity index (χ2v) is 23.4. The number of nitrogens with one attached hydrogen (secondary N) is 2. The van der Waals surface area contributed by atoms with E-state index in [-0.39, 0.29) is 18.2 Å². The summed E-state index contributed by atoms with van der Waals surface area (Å²) in [6.07, 6.45) is 7.50. The average molecular weight is 769 g/mol. The molecule has 3 unspecified atom stereocenters. The molecule has 1 aromatic carbocycles. The van der Waals surface area contributed by atoms with Gasteiger partial charge in [-0.05, 0) is 107 Å². The van der Waals surface area contributed by atoms with Crippen molar-refractivity contribution in [3.8, 4) is 11.3 Å². The molecule has 3 aliphatic rings. The number of piperidine rings is 1. The lowest BCUT2D eigenvalue weighted by atomic mass is 10.0. The Labute approximate surface area is 327 Å². The smallest absolute Gasteiger partial charge is 0.407 e. The highest BCUT2D eigenvalue weighted by Gasteiger charge is 2.39. The first-order valence-corrected chi connectivity index (χ1v) is 23.8. The van der Waals surface area contributed by atoms with Gasteiger partial charge in [-0.15, -0.1) is 0 Å². The first kappa shape index (κ1) is 39.2. The van der Waals surface area contributed by atoms with Crippen LogP contribution in [0.2, 0.25) is 25.7 Å². The predicted molar refractivity (Wildman–Crippen MR) is 221 cm³/mol. The summed E-state index contributed by atoms with van der Waals surface area (Å²) in [5.74, 6) is 1.00. The summed E-state index contributed by atoms with van der Waals surface area (Å²) in [5, 5.41) is 7.80. The van der Waals surface area contributed by atoms with E-state index in [1.165, 1.54) is 5.56 Å². The summed E-state index contributed by atoms with van der Waals surface area (Å²) >= 11 is 0. The van der Waals surface area contributed by atoms with Crippen LogP contribution in [-0.2, 0) is 27.5 Å². The Morgan fingerprint density at radius 3 is 2.51 bits per heavy atom. The van der Waals surface area contributed by atoms with Gasteiger partial charge in [-0.3, -0.25) is 9.88 Å². The zero-order valence-electron chi connectivity index (χ0n) is 33.8. The van der Waals surface area contributed by atoms with Crippen molar-refractivity contribution < 1.29 is 19.0 Å². The Hall–Kier alpha value is -4.04. The van der Waals surface area contributed by atoms with Crippen LogP contribution >= 0.6 is 0 Å². The number of fused-ring (bicyclic) bond motifs is 3. The fraction of sp³-hybridized carbons (Fsp3) is 0.571. The molecule has 3 saturated heterocycles. The molecule has 3 fully saturated rings. The van der Waals surface area contributed by atoms with Crippen molar-refractivity contribution in [2.24, 2.45) is 0 Å². The number of rotatable bonds is 13. The molecule has 0 radical (unpaired) electrons. The molecule has 6 heterocycles. The SMILES string of the molecule is CC(Nc1ccc(-c2cc3c(N4C5CCC4COC5)ncnc3n2COCC[Si](C)(C)C)cc1)c1cc(CN2CCC[C@@H](NC(=O)OC(C)(C)C)C2)ccn1. The van der Waals surface area contributed by atoms with Crippen molar-refractivity contribution in [1.82, 2.24) is 29.7 Å². The first-order valence-electron chi connectivity index (χ1n) is 20.1. The highest BCUT2D eigenvalue weighted by Crippen LogP contribution is 2.39. The maximum Gasteiger partial charge on any atom is 0.407 e.